The van der Waals surface area contributed by atoms with Crippen LogP contribution in [0.4, 0.5) is 18.9 Å². The van der Waals surface area contributed by atoms with Crippen LogP contribution in [0.2, 0.25) is 0 Å². The van der Waals surface area contributed by atoms with Gasteiger partial charge >= 0.3 is 6.18 Å². The Balaban J connectivity index is 0.00000171. The molecule has 0 radical (unpaired) electrons. The molecule has 9 heteroatoms. The van der Waals surface area contributed by atoms with Gasteiger partial charge in [-0.25, -0.2) is 4.98 Å². The summed E-state index contributed by atoms with van der Waals surface area (Å²) in [4.78, 5) is 17.0. The van der Waals surface area contributed by atoms with E-state index in [4.69, 9.17) is 0 Å². The number of rotatable bonds is 3. The number of aryl methyl sites for hydroxylation is 1. The molecule has 0 aliphatic heterocycles. The Bertz CT molecular complexity index is 1230. The molecular weight excluding hydrogens is 383 g/mol. The van der Waals surface area contributed by atoms with Gasteiger partial charge in [0.1, 0.15) is 5.52 Å². The van der Waals surface area contributed by atoms with Gasteiger partial charge in [0, 0.05) is 19.7 Å². The van der Waals surface area contributed by atoms with Crippen LogP contribution < -0.4 is 5.32 Å². The lowest BCUT2D eigenvalue weighted by Gasteiger charge is -2.13. The Hall–Kier alpha value is -3.75. The molecule has 29 heavy (non-hydrogen) atoms. The Morgan fingerprint density at radius 1 is 1.07 bits per heavy atom. The van der Waals surface area contributed by atoms with Crippen LogP contribution in [0.15, 0.2) is 54.6 Å². The molecule has 0 aliphatic carbocycles. The van der Waals surface area contributed by atoms with Crippen molar-refractivity contribution in [1.29, 1.82) is 0 Å². The van der Waals surface area contributed by atoms with Gasteiger partial charge in [0.2, 0.25) is 5.65 Å². The highest BCUT2D eigenvalue weighted by atomic mass is 19.4. The summed E-state index contributed by atoms with van der Waals surface area (Å²) in [6.45, 7) is 1.37. The van der Waals surface area contributed by atoms with Gasteiger partial charge in [0.25, 0.3) is 5.91 Å². The number of halogens is 3. The number of amides is 1. The molecule has 0 saturated heterocycles. The van der Waals surface area contributed by atoms with E-state index < -0.39 is 17.6 Å². The molecule has 0 atom stereocenters. The third kappa shape index (κ3) is 3.79. The van der Waals surface area contributed by atoms with E-state index in [0.717, 1.165) is 6.07 Å². The maximum absolute atomic E-state index is 13.1. The van der Waals surface area contributed by atoms with E-state index in [2.05, 4.69) is 25.7 Å². The zero-order valence-electron chi connectivity index (χ0n) is 15.1. The molecule has 0 fully saturated rings. The number of fused-ring (bicyclic) bond motifs is 1. The number of hydrogen-bond donors (Lipinski definition) is 2. The summed E-state index contributed by atoms with van der Waals surface area (Å²) < 4.78 is 39.3. The molecule has 0 saturated carbocycles. The second-order valence-electron chi connectivity index (χ2n) is 6.43. The lowest BCUT2D eigenvalue weighted by Crippen LogP contribution is -2.14. The van der Waals surface area contributed by atoms with Crippen molar-refractivity contribution < 1.29 is 20.8 Å². The fraction of sp³-hybridized carbons (Fsp3) is 0.100. The van der Waals surface area contributed by atoms with E-state index in [9.17, 15) is 18.0 Å². The maximum atomic E-state index is 13.1. The number of nitrogens with one attached hydrogen (secondary N) is 2. The van der Waals surface area contributed by atoms with Crippen LogP contribution in [0.5, 0.6) is 0 Å². The van der Waals surface area contributed by atoms with Gasteiger partial charge in [-0.1, -0.05) is 18.2 Å². The first-order valence-electron chi connectivity index (χ1n) is 8.58. The van der Waals surface area contributed by atoms with Crippen molar-refractivity contribution in [1.82, 2.24) is 20.4 Å². The summed E-state index contributed by atoms with van der Waals surface area (Å²) in [5.74, 6) is -0.522. The molecule has 0 bridgehead atoms. The molecule has 2 aromatic carbocycles. The Morgan fingerprint density at radius 2 is 1.90 bits per heavy atom. The number of carbonyl (C=O) groups is 1. The van der Waals surface area contributed by atoms with Crippen molar-refractivity contribution in [3.05, 3.63) is 71.3 Å². The number of anilines is 1. The number of aromatic nitrogens is 4. The molecule has 2 N–H and O–H groups in total. The predicted molar refractivity (Wildman–Crippen MR) is 105 cm³/mol. The van der Waals surface area contributed by atoms with E-state index in [-0.39, 0.29) is 14.1 Å². The third-order valence-electron chi connectivity index (χ3n) is 4.40. The van der Waals surface area contributed by atoms with Crippen molar-refractivity contribution in [3.8, 4) is 11.3 Å². The van der Waals surface area contributed by atoms with Crippen molar-refractivity contribution >= 4 is 22.8 Å². The van der Waals surface area contributed by atoms with Crippen LogP contribution in [0.25, 0.3) is 22.4 Å². The minimum absolute atomic E-state index is 0. The minimum Gasteiger partial charge on any atom is -0.322 e. The zero-order valence-corrected chi connectivity index (χ0v) is 15.1. The van der Waals surface area contributed by atoms with E-state index in [0.29, 0.717) is 28.0 Å². The number of alkyl halides is 3. The molecule has 6 nitrogen and oxygen atoms in total. The SMILES string of the molecule is Cc1ccc(NC(=O)c2cccc(-c3ccc4n[nH]nc4n3)c2)cc1C(F)(F)F.[HH].[HH]. The van der Waals surface area contributed by atoms with E-state index >= 15 is 0 Å². The quantitative estimate of drug-likeness (QED) is 0.501. The lowest BCUT2D eigenvalue weighted by atomic mass is 10.1. The summed E-state index contributed by atoms with van der Waals surface area (Å²) in [5, 5.41) is 12.9. The zero-order chi connectivity index (χ0) is 20.6. The topological polar surface area (TPSA) is 83.6 Å². The number of hydrogen-bond acceptors (Lipinski definition) is 4. The van der Waals surface area contributed by atoms with Crippen LogP contribution in [-0.2, 0) is 6.18 Å². The minimum atomic E-state index is -4.49. The van der Waals surface area contributed by atoms with Gasteiger partial charge < -0.3 is 5.32 Å². The standard InChI is InChI=1S/C20H14F3N5O.2H2/c1-11-5-6-14(10-15(11)20(21,22)23)24-19(29)13-4-2-3-12(9-13)16-7-8-17-18(25-16)27-28-26-17;;/h2-10H,1H3,(H,24,29)(H,25,26,27,28);2*1H. The molecule has 0 unspecified atom stereocenters. The van der Waals surface area contributed by atoms with Crippen molar-refractivity contribution in [3.63, 3.8) is 0 Å². The number of carbonyl (C=O) groups excluding carboxylic acids is 1. The molecule has 4 aromatic rings. The largest absolute Gasteiger partial charge is 0.416 e. The van der Waals surface area contributed by atoms with Gasteiger partial charge in [-0.15, -0.1) is 5.10 Å². The molecule has 1 amide bonds. The van der Waals surface area contributed by atoms with Gasteiger partial charge in [-0.2, -0.15) is 23.5 Å². The molecule has 2 heterocycles. The highest BCUT2D eigenvalue weighted by molar-refractivity contribution is 6.05. The molecule has 0 aliphatic rings. The van der Waals surface area contributed by atoms with Crippen molar-refractivity contribution in [2.24, 2.45) is 0 Å². The fourth-order valence-electron chi connectivity index (χ4n) is 2.93. The monoisotopic (exact) mass is 401 g/mol. The molecule has 0 spiro atoms. The van der Waals surface area contributed by atoms with Crippen LogP contribution in [0, 0.1) is 6.92 Å². The van der Waals surface area contributed by atoms with Gasteiger partial charge in [-0.3, -0.25) is 4.79 Å². The average molecular weight is 401 g/mol. The summed E-state index contributed by atoms with van der Waals surface area (Å²) >= 11 is 0. The first-order chi connectivity index (χ1) is 13.8. The molecular formula is C20H18F3N5O. The number of benzene rings is 2. The number of nitrogens with zero attached hydrogens (tertiary/aromatic N) is 3. The van der Waals surface area contributed by atoms with Crippen molar-refractivity contribution in [2.45, 2.75) is 13.1 Å². The summed E-state index contributed by atoms with van der Waals surface area (Å²) in [7, 11) is 0. The van der Waals surface area contributed by atoms with E-state index in [1.807, 2.05) is 0 Å². The molecule has 2 aromatic heterocycles. The Labute approximate surface area is 165 Å². The maximum Gasteiger partial charge on any atom is 0.416 e. The Kier molecular flexibility index (Phi) is 4.50. The fourth-order valence-corrected chi connectivity index (χ4v) is 2.93. The third-order valence-corrected chi connectivity index (χ3v) is 4.40. The highest BCUT2D eigenvalue weighted by Crippen LogP contribution is 2.33. The van der Waals surface area contributed by atoms with Crippen LogP contribution in [0.1, 0.15) is 24.3 Å². The molecule has 4 rings (SSSR count). The normalized spacial score (nSPS) is 11.6. The predicted octanol–water partition coefficient (Wildman–Crippen LogP) is 5.09. The van der Waals surface area contributed by atoms with Gasteiger partial charge in [0.15, 0.2) is 0 Å². The summed E-state index contributed by atoms with van der Waals surface area (Å²) in [6.07, 6.45) is -4.49. The number of H-pyrrole nitrogens is 1. The smallest absolute Gasteiger partial charge is 0.322 e. The second kappa shape index (κ2) is 7.01. The Morgan fingerprint density at radius 3 is 2.69 bits per heavy atom. The number of pyridine rings is 1. The lowest BCUT2D eigenvalue weighted by molar-refractivity contribution is -0.138. The second-order valence-corrected chi connectivity index (χ2v) is 6.43. The van der Waals surface area contributed by atoms with E-state index in [1.54, 1.807) is 36.4 Å². The van der Waals surface area contributed by atoms with Crippen LogP contribution in [0.3, 0.4) is 0 Å². The number of aromatic amines is 1. The summed E-state index contributed by atoms with van der Waals surface area (Å²) in [6, 6.07) is 13.8. The van der Waals surface area contributed by atoms with E-state index in [1.165, 1.54) is 19.1 Å². The average Bonchev–Trinajstić information content (AvgIpc) is 3.16. The summed E-state index contributed by atoms with van der Waals surface area (Å²) in [5.41, 5.74) is 1.98. The van der Waals surface area contributed by atoms with Crippen LogP contribution in [-0.4, -0.2) is 26.3 Å². The van der Waals surface area contributed by atoms with Crippen LogP contribution >= 0.6 is 0 Å². The first kappa shape index (κ1) is 18.6. The first-order valence-corrected chi connectivity index (χ1v) is 8.58. The van der Waals surface area contributed by atoms with Gasteiger partial charge in [-0.05, 0) is 48.9 Å². The highest BCUT2D eigenvalue weighted by Gasteiger charge is 2.32. The van der Waals surface area contributed by atoms with Gasteiger partial charge in [0.05, 0.1) is 11.3 Å². The molecule has 150 valence electrons. The van der Waals surface area contributed by atoms with Crippen molar-refractivity contribution in [2.75, 3.05) is 5.32 Å².